The Balaban J connectivity index is 2.26. The topological polar surface area (TPSA) is 49.5 Å². The highest BCUT2D eigenvalue weighted by Crippen LogP contribution is 2.01. The smallest absolute Gasteiger partial charge is 0.0693 e. The summed E-state index contributed by atoms with van der Waals surface area (Å²) in [5, 5.41) is 10.4. The van der Waals surface area contributed by atoms with E-state index in [-0.39, 0.29) is 6.10 Å². The van der Waals surface area contributed by atoms with Crippen molar-refractivity contribution in [3.05, 3.63) is 0 Å². The fourth-order valence-corrected chi connectivity index (χ4v) is 0.768. The number of aliphatic hydroxyl groups is 1. The summed E-state index contributed by atoms with van der Waals surface area (Å²) >= 11 is 0. The van der Waals surface area contributed by atoms with Crippen LogP contribution in [-0.4, -0.2) is 29.3 Å². The summed E-state index contributed by atoms with van der Waals surface area (Å²) in [6, 6.07) is 0. The molecule has 0 radical (unpaired) electrons. The van der Waals surface area contributed by atoms with E-state index in [0.29, 0.717) is 6.54 Å². The third kappa shape index (κ3) is 1.12. The van der Waals surface area contributed by atoms with Crippen LogP contribution in [-0.2, 0) is 0 Å². The lowest BCUT2D eigenvalue weighted by Crippen LogP contribution is -2.28. The predicted octanol–water partition coefficient (Wildman–Crippen LogP) is -1.07. The number of nitrogens with two attached hydrogens (primary N) is 1. The van der Waals surface area contributed by atoms with Crippen LogP contribution in [0.5, 0.6) is 0 Å². The maximum absolute atomic E-state index is 8.78. The molecule has 0 aromatic heterocycles. The molecule has 3 nitrogen and oxygen atoms in total. The normalized spacial score (nSPS) is 34.3. The van der Waals surface area contributed by atoms with Crippen LogP contribution < -0.4 is 5.84 Å². The van der Waals surface area contributed by atoms with E-state index in [9.17, 15) is 0 Å². The Morgan fingerprint density at radius 2 is 2.43 bits per heavy atom. The summed E-state index contributed by atoms with van der Waals surface area (Å²) in [5.74, 6) is 5.30. The largest absolute Gasteiger partial charge is 0.392 e. The van der Waals surface area contributed by atoms with Gasteiger partial charge in [0.25, 0.3) is 0 Å². The Labute approximate surface area is 42.7 Å². The Bertz CT molecular complexity index is 58.7. The minimum absolute atomic E-state index is 0.176. The van der Waals surface area contributed by atoms with Gasteiger partial charge in [-0.25, -0.2) is 5.01 Å². The standard InChI is InChI=1S/C4H10N2O/c5-6-2-1-4(7)3-6/h4,7H,1-3,5H2/t4-/m0/s1. The van der Waals surface area contributed by atoms with E-state index in [2.05, 4.69) is 0 Å². The molecule has 0 aromatic rings. The molecule has 1 atom stereocenters. The van der Waals surface area contributed by atoms with Gasteiger partial charge in [-0.3, -0.25) is 5.84 Å². The van der Waals surface area contributed by atoms with Gasteiger partial charge in [-0.15, -0.1) is 0 Å². The van der Waals surface area contributed by atoms with Crippen molar-refractivity contribution in [1.29, 1.82) is 0 Å². The second-order valence-electron chi connectivity index (χ2n) is 1.94. The Morgan fingerprint density at radius 1 is 1.71 bits per heavy atom. The molecule has 0 unspecified atom stereocenters. The molecule has 0 aromatic carbocycles. The second kappa shape index (κ2) is 1.78. The zero-order valence-corrected chi connectivity index (χ0v) is 4.17. The van der Waals surface area contributed by atoms with Crippen molar-refractivity contribution in [3.8, 4) is 0 Å². The van der Waals surface area contributed by atoms with Gasteiger partial charge in [-0.2, -0.15) is 0 Å². The van der Waals surface area contributed by atoms with E-state index < -0.39 is 0 Å². The Hall–Kier alpha value is -0.120. The molecular weight excluding hydrogens is 92.1 g/mol. The zero-order valence-electron chi connectivity index (χ0n) is 4.17. The van der Waals surface area contributed by atoms with Crippen molar-refractivity contribution in [2.75, 3.05) is 13.1 Å². The van der Waals surface area contributed by atoms with Crippen molar-refractivity contribution in [3.63, 3.8) is 0 Å². The van der Waals surface area contributed by atoms with Crippen molar-refractivity contribution in [2.24, 2.45) is 5.84 Å². The van der Waals surface area contributed by atoms with Crippen LogP contribution in [0.25, 0.3) is 0 Å². The van der Waals surface area contributed by atoms with Crippen molar-refractivity contribution >= 4 is 0 Å². The molecule has 3 heteroatoms. The third-order valence-corrected chi connectivity index (χ3v) is 1.19. The quantitative estimate of drug-likeness (QED) is 0.383. The van der Waals surface area contributed by atoms with Crippen molar-refractivity contribution in [1.82, 2.24) is 5.01 Å². The third-order valence-electron chi connectivity index (χ3n) is 1.19. The fraction of sp³-hybridized carbons (Fsp3) is 1.00. The number of hydrogen-bond donors (Lipinski definition) is 2. The number of aliphatic hydroxyl groups excluding tert-OH is 1. The molecule has 1 fully saturated rings. The number of hydrazine groups is 1. The molecule has 1 heterocycles. The van der Waals surface area contributed by atoms with E-state index in [4.69, 9.17) is 10.9 Å². The molecule has 1 aliphatic rings. The van der Waals surface area contributed by atoms with Crippen molar-refractivity contribution < 1.29 is 5.11 Å². The molecule has 0 bridgehead atoms. The lowest BCUT2D eigenvalue weighted by molar-refractivity contribution is 0.177. The van der Waals surface area contributed by atoms with E-state index in [1.54, 1.807) is 5.01 Å². The first-order valence-electron chi connectivity index (χ1n) is 2.47. The van der Waals surface area contributed by atoms with E-state index >= 15 is 0 Å². The average molecular weight is 102 g/mol. The maximum Gasteiger partial charge on any atom is 0.0693 e. The summed E-state index contributed by atoms with van der Waals surface area (Å²) in [7, 11) is 0. The molecule has 7 heavy (non-hydrogen) atoms. The first-order valence-corrected chi connectivity index (χ1v) is 2.47. The van der Waals surface area contributed by atoms with Gasteiger partial charge < -0.3 is 5.11 Å². The van der Waals surface area contributed by atoms with Gasteiger partial charge in [0.05, 0.1) is 6.10 Å². The van der Waals surface area contributed by atoms with Crippen LogP contribution in [0.15, 0.2) is 0 Å². The van der Waals surface area contributed by atoms with E-state index in [1.165, 1.54) is 0 Å². The summed E-state index contributed by atoms with van der Waals surface area (Å²) in [6.07, 6.45) is 0.654. The molecule has 1 rings (SSSR count). The maximum atomic E-state index is 8.78. The summed E-state index contributed by atoms with van der Waals surface area (Å²) in [5.41, 5.74) is 0. The molecule has 0 saturated carbocycles. The Kier molecular flexibility index (Phi) is 1.27. The van der Waals surface area contributed by atoms with Gasteiger partial charge in [-0.05, 0) is 6.42 Å². The zero-order chi connectivity index (χ0) is 5.28. The number of β-amino-alcohol motifs (C(OH)–C–C–N with tert-alkyl or cyclic N) is 1. The van der Waals surface area contributed by atoms with Crippen LogP contribution >= 0.6 is 0 Å². The minimum Gasteiger partial charge on any atom is -0.392 e. The molecule has 0 aliphatic carbocycles. The summed E-state index contributed by atoms with van der Waals surface area (Å²) in [4.78, 5) is 0. The van der Waals surface area contributed by atoms with E-state index in [0.717, 1.165) is 13.0 Å². The molecule has 1 saturated heterocycles. The molecule has 42 valence electrons. The summed E-state index contributed by atoms with van der Waals surface area (Å²) < 4.78 is 0. The van der Waals surface area contributed by atoms with Gasteiger partial charge in [0.1, 0.15) is 0 Å². The summed E-state index contributed by atoms with van der Waals surface area (Å²) in [6.45, 7) is 1.47. The highest BCUT2D eigenvalue weighted by Gasteiger charge is 2.15. The number of nitrogens with zero attached hydrogens (tertiary/aromatic N) is 1. The van der Waals surface area contributed by atoms with Crippen LogP contribution in [0.3, 0.4) is 0 Å². The van der Waals surface area contributed by atoms with Gasteiger partial charge in [-0.1, -0.05) is 0 Å². The van der Waals surface area contributed by atoms with Crippen LogP contribution in [0.1, 0.15) is 6.42 Å². The first-order chi connectivity index (χ1) is 3.29. The molecule has 0 amide bonds. The van der Waals surface area contributed by atoms with Crippen LogP contribution in [0.2, 0.25) is 0 Å². The molecular formula is C4H10N2O. The van der Waals surface area contributed by atoms with Gasteiger partial charge in [0.2, 0.25) is 0 Å². The van der Waals surface area contributed by atoms with Crippen molar-refractivity contribution in [2.45, 2.75) is 12.5 Å². The minimum atomic E-state index is -0.176. The van der Waals surface area contributed by atoms with Crippen LogP contribution in [0, 0.1) is 0 Å². The average Bonchev–Trinajstić information content (AvgIpc) is 1.87. The Morgan fingerprint density at radius 3 is 2.57 bits per heavy atom. The lowest BCUT2D eigenvalue weighted by Gasteiger charge is -2.02. The van der Waals surface area contributed by atoms with Gasteiger partial charge in [0, 0.05) is 13.1 Å². The van der Waals surface area contributed by atoms with Crippen LogP contribution in [0.4, 0.5) is 0 Å². The fourth-order valence-electron chi connectivity index (χ4n) is 0.768. The predicted molar refractivity (Wildman–Crippen MR) is 26.4 cm³/mol. The molecule has 0 spiro atoms. The number of rotatable bonds is 0. The number of hydrogen-bond acceptors (Lipinski definition) is 3. The second-order valence-corrected chi connectivity index (χ2v) is 1.94. The first kappa shape index (κ1) is 5.03. The molecule has 3 N–H and O–H groups in total. The lowest BCUT2D eigenvalue weighted by atomic mass is 10.3. The monoisotopic (exact) mass is 102 g/mol. The van der Waals surface area contributed by atoms with Gasteiger partial charge in [0.15, 0.2) is 0 Å². The highest BCUT2D eigenvalue weighted by atomic mass is 16.3. The molecule has 1 aliphatic heterocycles. The highest BCUT2D eigenvalue weighted by molar-refractivity contribution is 4.68. The SMILES string of the molecule is NN1CC[C@H](O)C1. The van der Waals surface area contributed by atoms with E-state index in [1.807, 2.05) is 0 Å². The van der Waals surface area contributed by atoms with Gasteiger partial charge >= 0.3 is 0 Å².